The standard InChI is InChI=1S/C22H23N3O2S/c26-21(17-11-13-19(14-12-17)27-18-9-5-2-6-10-18)23-22-25-24-20(28-22)15-16-7-3-1-4-8-16/h1,3-4,7-8,11-14,18H,2,5-6,9-10,15H2,(H,23,25,26). The Morgan fingerprint density at radius 1 is 1.00 bits per heavy atom. The summed E-state index contributed by atoms with van der Waals surface area (Å²) in [7, 11) is 0. The van der Waals surface area contributed by atoms with E-state index in [1.165, 1.54) is 36.2 Å². The summed E-state index contributed by atoms with van der Waals surface area (Å²) in [5, 5.41) is 12.5. The molecule has 1 aliphatic rings. The van der Waals surface area contributed by atoms with Gasteiger partial charge in [0.1, 0.15) is 10.8 Å². The van der Waals surface area contributed by atoms with Crippen LogP contribution in [0.2, 0.25) is 0 Å². The van der Waals surface area contributed by atoms with E-state index in [4.69, 9.17) is 4.74 Å². The van der Waals surface area contributed by atoms with E-state index in [2.05, 4.69) is 27.6 Å². The van der Waals surface area contributed by atoms with Gasteiger partial charge in [-0.25, -0.2) is 0 Å². The van der Waals surface area contributed by atoms with Crippen molar-refractivity contribution in [1.29, 1.82) is 0 Å². The molecule has 1 amide bonds. The van der Waals surface area contributed by atoms with Crippen LogP contribution in [0, 0.1) is 0 Å². The average Bonchev–Trinajstić information content (AvgIpc) is 3.17. The second-order valence-electron chi connectivity index (χ2n) is 7.02. The molecule has 1 fully saturated rings. The summed E-state index contributed by atoms with van der Waals surface area (Å²) in [4.78, 5) is 12.5. The van der Waals surface area contributed by atoms with Gasteiger partial charge in [0, 0.05) is 12.0 Å². The first-order valence-electron chi connectivity index (χ1n) is 9.71. The van der Waals surface area contributed by atoms with Crippen molar-refractivity contribution < 1.29 is 9.53 Å². The maximum Gasteiger partial charge on any atom is 0.257 e. The number of hydrogen-bond donors (Lipinski definition) is 1. The molecule has 1 heterocycles. The minimum atomic E-state index is -0.188. The van der Waals surface area contributed by atoms with Gasteiger partial charge in [-0.05, 0) is 55.5 Å². The first kappa shape index (κ1) is 18.6. The minimum absolute atomic E-state index is 0.188. The number of carbonyl (C=O) groups is 1. The van der Waals surface area contributed by atoms with Gasteiger partial charge in [-0.3, -0.25) is 10.1 Å². The number of benzene rings is 2. The van der Waals surface area contributed by atoms with E-state index in [9.17, 15) is 4.79 Å². The zero-order valence-electron chi connectivity index (χ0n) is 15.6. The molecule has 0 unspecified atom stereocenters. The summed E-state index contributed by atoms with van der Waals surface area (Å²) in [5.74, 6) is 0.635. The fraction of sp³-hybridized carbons (Fsp3) is 0.318. The molecule has 0 saturated heterocycles. The van der Waals surface area contributed by atoms with Gasteiger partial charge >= 0.3 is 0 Å². The van der Waals surface area contributed by atoms with Crippen LogP contribution in [0.15, 0.2) is 54.6 Å². The van der Waals surface area contributed by atoms with Crippen LogP contribution in [0.5, 0.6) is 5.75 Å². The molecular weight excluding hydrogens is 370 g/mol. The summed E-state index contributed by atoms with van der Waals surface area (Å²) < 4.78 is 6.02. The van der Waals surface area contributed by atoms with Gasteiger partial charge in [-0.2, -0.15) is 0 Å². The number of carbonyl (C=O) groups excluding carboxylic acids is 1. The number of aromatic nitrogens is 2. The molecule has 3 aromatic rings. The lowest BCUT2D eigenvalue weighted by atomic mass is 9.98. The van der Waals surface area contributed by atoms with Crippen LogP contribution in [-0.2, 0) is 6.42 Å². The van der Waals surface area contributed by atoms with Gasteiger partial charge in [-0.1, -0.05) is 48.1 Å². The first-order valence-corrected chi connectivity index (χ1v) is 10.5. The summed E-state index contributed by atoms with van der Waals surface area (Å²) in [6.45, 7) is 0. The van der Waals surface area contributed by atoms with Crippen molar-refractivity contribution in [2.24, 2.45) is 0 Å². The molecule has 2 aromatic carbocycles. The van der Waals surface area contributed by atoms with Gasteiger partial charge in [0.25, 0.3) is 5.91 Å². The molecule has 6 heteroatoms. The average molecular weight is 394 g/mol. The molecule has 5 nitrogen and oxygen atoms in total. The fourth-order valence-corrected chi connectivity index (χ4v) is 4.14. The molecule has 28 heavy (non-hydrogen) atoms. The van der Waals surface area contributed by atoms with Crippen LogP contribution in [0.3, 0.4) is 0 Å². The van der Waals surface area contributed by atoms with Gasteiger partial charge in [-0.15, -0.1) is 10.2 Å². The highest BCUT2D eigenvalue weighted by Crippen LogP contribution is 2.24. The highest BCUT2D eigenvalue weighted by Gasteiger charge is 2.15. The second kappa shape index (κ2) is 8.97. The Balaban J connectivity index is 1.33. The van der Waals surface area contributed by atoms with Crippen LogP contribution in [-0.4, -0.2) is 22.2 Å². The lowest BCUT2D eigenvalue weighted by Crippen LogP contribution is -2.19. The number of nitrogens with zero attached hydrogens (tertiary/aromatic N) is 2. The number of amides is 1. The van der Waals surface area contributed by atoms with E-state index in [1.54, 1.807) is 12.1 Å². The van der Waals surface area contributed by atoms with Crippen LogP contribution in [0.1, 0.15) is 53.0 Å². The van der Waals surface area contributed by atoms with Crippen molar-refractivity contribution in [1.82, 2.24) is 10.2 Å². The molecule has 1 aliphatic carbocycles. The van der Waals surface area contributed by atoms with Crippen molar-refractivity contribution >= 4 is 22.4 Å². The molecule has 0 atom stereocenters. The first-order chi connectivity index (χ1) is 13.8. The van der Waals surface area contributed by atoms with Gasteiger partial charge in [0.05, 0.1) is 6.10 Å². The number of hydrogen-bond acceptors (Lipinski definition) is 5. The monoisotopic (exact) mass is 393 g/mol. The summed E-state index contributed by atoms with van der Waals surface area (Å²) in [6, 6.07) is 17.4. The summed E-state index contributed by atoms with van der Waals surface area (Å²) >= 11 is 1.40. The second-order valence-corrected chi connectivity index (χ2v) is 8.08. The van der Waals surface area contributed by atoms with E-state index in [-0.39, 0.29) is 5.91 Å². The molecule has 0 aliphatic heterocycles. The van der Waals surface area contributed by atoms with Gasteiger partial charge in [0.2, 0.25) is 5.13 Å². The zero-order chi connectivity index (χ0) is 19.2. The van der Waals surface area contributed by atoms with Crippen molar-refractivity contribution in [2.45, 2.75) is 44.6 Å². The van der Waals surface area contributed by atoms with Crippen molar-refractivity contribution in [3.8, 4) is 5.75 Å². The van der Waals surface area contributed by atoms with Crippen LogP contribution >= 0.6 is 11.3 Å². The fourth-order valence-electron chi connectivity index (χ4n) is 3.38. The number of rotatable bonds is 6. The predicted octanol–water partition coefficient (Wildman–Crippen LogP) is 5.09. The van der Waals surface area contributed by atoms with Crippen LogP contribution < -0.4 is 10.1 Å². The maximum absolute atomic E-state index is 12.5. The smallest absolute Gasteiger partial charge is 0.257 e. The van der Waals surface area contributed by atoms with E-state index in [1.807, 2.05) is 30.3 Å². The van der Waals surface area contributed by atoms with Gasteiger partial charge < -0.3 is 4.74 Å². The molecule has 0 bridgehead atoms. The van der Waals surface area contributed by atoms with E-state index in [0.29, 0.717) is 23.2 Å². The van der Waals surface area contributed by atoms with Crippen molar-refractivity contribution in [3.05, 3.63) is 70.7 Å². The van der Waals surface area contributed by atoms with Crippen molar-refractivity contribution in [2.75, 3.05) is 5.32 Å². The molecule has 0 radical (unpaired) electrons. The number of nitrogens with one attached hydrogen (secondary N) is 1. The molecule has 144 valence electrons. The van der Waals surface area contributed by atoms with Crippen molar-refractivity contribution in [3.63, 3.8) is 0 Å². The number of ether oxygens (including phenoxy) is 1. The molecular formula is C22H23N3O2S. The summed E-state index contributed by atoms with van der Waals surface area (Å²) in [5.41, 5.74) is 1.75. The Hall–Kier alpha value is -2.73. The Kier molecular flexibility index (Phi) is 5.97. The maximum atomic E-state index is 12.5. The quantitative estimate of drug-likeness (QED) is 0.633. The van der Waals surface area contributed by atoms with Gasteiger partial charge in [0.15, 0.2) is 0 Å². The topological polar surface area (TPSA) is 64.1 Å². The Morgan fingerprint density at radius 3 is 2.50 bits per heavy atom. The van der Waals surface area contributed by atoms with E-state index >= 15 is 0 Å². The summed E-state index contributed by atoms with van der Waals surface area (Å²) in [6.07, 6.45) is 7.02. The van der Waals surface area contributed by atoms with Crippen LogP contribution in [0.4, 0.5) is 5.13 Å². The lowest BCUT2D eigenvalue weighted by molar-refractivity contribution is 0.102. The molecule has 1 N–H and O–H groups in total. The SMILES string of the molecule is O=C(Nc1nnc(Cc2ccccc2)s1)c1ccc(OC2CCCCC2)cc1. The molecule has 1 aromatic heterocycles. The third kappa shape index (κ3) is 4.95. The highest BCUT2D eigenvalue weighted by molar-refractivity contribution is 7.15. The third-order valence-corrected chi connectivity index (χ3v) is 5.70. The third-order valence-electron chi connectivity index (χ3n) is 4.86. The Morgan fingerprint density at radius 2 is 1.75 bits per heavy atom. The Bertz CT molecular complexity index is 903. The minimum Gasteiger partial charge on any atom is -0.490 e. The lowest BCUT2D eigenvalue weighted by Gasteiger charge is -2.23. The van der Waals surface area contributed by atoms with E-state index in [0.717, 1.165) is 23.6 Å². The van der Waals surface area contributed by atoms with E-state index < -0.39 is 0 Å². The number of anilines is 1. The Labute approximate surface area is 168 Å². The molecule has 0 spiro atoms. The van der Waals surface area contributed by atoms with Crippen LogP contribution in [0.25, 0.3) is 0 Å². The normalized spacial score (nSPS) is 14.6. The molecule has 4 rings (SSSR count). The molecule has 1 saturated carbocycles. The highest BCUT2D eigenvalue weighted by atomic mass is 32.1. The predicted molar refractivity (Wildman–Crippen MR) is 111 cm³/mol. The largest absolute Gasteiger partial charge is 0.490 e. The zero-order valence-corrected chi connectivity index (χ0v) is 16.5.